The summed E-state index contributed by atoms with van der Waals surface area (Å²) < 4.78 is 18.2. The van der Waals surface area contributed by atoms with Crippen molar-refractivity contribution >= 4 is 11.9 Å². The summed E-state index contributed by atoms with van der Waals surface area (Å²) in [5.41, 5.74) is -0.682. The largest absolute Gasteiger partial charge is 0.494 e. The van der Waals surface area contributed by atoms with Crippen molar-refractivity contribution in [3.63, 3.8) is 0 Å². The molecule has 132 valence electrons. The molecule has 2 atom stereocenters. The highest BCUT2D eigenvalue weighted by Crippen LogP contribution is 2.33. The number of ether oxygens (including phenoxy) is 1. The number of aliphatic carboxylic acids is 1. The lowest BCUT2D eigenvalue weighted by Gasteiger charge is -2.39. The molecule has 2 N–H and O–H groups in total. The van der Waals surface area contributed by atoms with Gasteiger partial charge in [-0.15, -0.1) is 0 Å². The minimum Gasteiger partial charge on any atom is -0.494 e. The summed E-state index contributed by atoms with van der Waals surface area (Å²) in [6, 6.07) is 5.71. The van der Waals surface area contributed by atoms with Crippen molar-refractivity contribution in [3.05, 3.63) is 30.1 Å². The number of nitrogens with one attached hydrogen (secondary N) is 1. The number of carboxylic acids is 1. The summed E-state index contributed by atoms with van der Waals surface area (Å²) in [4.78, 5) is 23.5. The van der Waals surface area contributed by atoms with E-state index in [9.17, 15) is 19.1 Å². The predicted molar refractivity (Wildman–Crippen MR) is 87.3 cm³/mol. The topological polar surface area (TPSA) is 75.6 Å². The molecular formula is C18H24FNO4. The maximum absolute atomic E-state index is 12.8. The van der Waals surface area contributed by atoms with Crippen molar-refractivity contribution < 1.29 is 23.8 Å². The van der Waals surface area contributed by atoms with Crippen LogP contribution in [0.2, 0.25) is 0 Å². The standard InChI is InChI=1S/C18H24FNO4/c1-18(11-3-2-5-15(18)17(22)23)20-16(21)6-4-12-24-14-9-7-13(19)8-10-14/h7-10,15H,2-6,11-12H2,1H3,(H,20,21)(H,22,23). The van der Waals surface area contributed by atoms with E-state index in [4.69, 9.17) is 4.74 Å². The highest BCUT2D eigenvalue weighted by Gasteiger charge is 2.41. The van der Waals surface area contributed by atoms with Crippen LogP contribution >= 0.6 is 0 Å². The van der Waals surface area contributed by atoms with Gasteiger partial charge in [-0.3, -0.25) is 9.59 Å². The van der Waals surface area contributed by atoms with Gasteiger partial charge in [-0.25, -0.2) is 4.39 Å². The minimum absolute atomic E-state index is 0.159. The lowest BCUT2D eigenvalue weighted by atomic mass is 9.74. The molecule has 6 heteroatoms. The molecule has 0 saturated heterocycles. The summed E-state index contributed by atoms with van der Waals surface area (Å²) >= 11 is 0. The fourth-order valence-corrected chi connectivity index (χ4v) is 3.21. The molecule has 0 heterocycles. The normalized spacial score (nSPS) is 23.5. The number of benzene rings is 1. The number of carboxylic acid groups (broad SMARTS) is 1. The van der Waals surface area contributed by atoms with Crippen molar-refractivity contribution in [1.29, 1.82) is 0 Å². The number of rotatable bonds is 7. The molecule has 1 amide bonds. The zero-order valence-electron chi connectivity index (χ0n) is 13.9. The number of halogens is 1. The molecule has 0 bridgehead atoms. The van der Waals surface area contributed by atoms with Crippen molar-refractivity contribution in [2.75, 3.05) is 6.61 Å². The number of carbonyl (C=O) groups is 2. The van der Waals surface area contributed by atoms with Gasteiger partial charge in [-0.1, -0.05) is 12.8 Å². The van der Waals surface area contributed by atoms with E-state index in [0.29, 0.717) is 31.6 Å². The first kappa shape index (κ1) is 18.2. The Hall–Kier alpha value is -2.11. The summed E-state index contributed by atoms with van der Waals surface area (Å²) in [6.45, 7) is 2.16. The average Bonchev–Trinajstić information content (AvgIpc) is 2.53. The first-order valence-corrected chi connectivity index (χ1v) is 8.33. The Labute approximate surface area is 141 Å². The van der Waals surface area contributed by atoms with Crippen LogP contribution in [0.1, 0.15) is 45.4 Å². The fraction of sp³-hybridized carbons (Fsp3) is 0.556. The maximum atomic E-state index is 12.8. The Bertz CT molecular complexity index is 575. The molecule has 1 saturated carbocycles. The van der Waals surface area contributed by atoms with Crippen LogP contribution in [0, 0.1) is 11.7 Å². The summed E-state index contributed by atoms with van der Waals surface area (Å²) in [6.07, 6.45) is 3.86. The fourth-order valence-electron chi connectivity index (χ4n) is 3.21. The van der Waals surface area contributed by atoms with Crippen LogP contribution in [0.5, 0.6) is 5.75 Å². The molecule has 2 rings (SSSR count). The zero-order chi connectivity index (χ0) is 17.6. The zero-order valence-corrected chi connectivity index (χ0v) is 13.9. The van der Waals surface area contributed by atoms with Gasteiger partial charge in [-0.2, -0.15) is 0 Å². The lowest BCUT2D eigenvalue weighted by molar-refractivity contribution is -0.146. The Morgan fingerprint density at radius 3 is 2.71 bits per heavy atom. The van der Waals surface area contributed by atoms with Crippen LogP contribution in [0.3, 0.4) is 0 Å². The van der Waals surface area contributed by atoms with E-state index in [1.54, 1.807) is 0 Å². The van der Waals surface area contributed by atoms with E-state index in [1.807, 2.05) is 6.92 Å². The summed E-state index contributed by atoms with van der Waals surface area (Å²) in [7, 11) is 0. The van der Waals surface area contributed by atoms with Gasteiger partial charge in [-0.05, 0) is 50.5 Å². The van der Waals surface area contributed by atoms with Gasteiger partial charge in [0.25, 0.3) is 0 Å². The molecule has 1 fully saturated rings. The number of amides is 1. The van der Waals surface area contributed by atoms with Gasteiger partial charge in [0.2, 0.25) is 5.91 Å². The predicted octanol–water partition coefficient (Wildman–Crippen LogP) is 3.13. The van der Waals surface area contributed by atoms with Crippen LogP contribution in [0.4, 0.5) is 4.39 Å². The third kappa shape index (κ3) is 4.94. The van der Waals surface area contributed by atoms with Crippen LogP contribution in [-0.4, -0.2) is 29.1 Å². The molecule has 0 aromatic heterocycles. The second-order valence-corrected chi connectivity index (χ2v) is 6.51. The van der Waals surface area contributed by atoms with Crippen molar-refractivity contribution in [3.8, 4) is 5.75 Å². The van der Waals surface area contributed by atoms with Crippen molar-refractivity contribution in [1.82, 2.24) is 5.32 Å². The average molecular weight is 337 g/mol. The van der Waals surface area contributed by atoms with E-state index in [1.165, 1.54) is 24.3 Å². The Balaban J connectivity index is 1.75. The molecule has 1 aromatic carbocycles. The summed E-state index contributed by atoms with van der Waals surface area (Å²) in [5, 5.41) is 12.3. The van der Waals surface area contributed by atoms with E-state index in [0.717, 1.165) is 12.8 Å². The molecule has 0 radical (unpaired) electrons. The number of carbonyl (C=O) groups excluding carboxylic acids is 1. The second kappa shape index (κ2) is 8.13. The van der Waals surface area contributed by atoms with Crippen LogP contribution in [-0.2, 0) is 9.59 Å². The highest BCUT2D eigenvalue weighted by molar-refractivity contribution is 5.79. The Kier molecular flexibility index (Phi) is 6.17. The molecule has 1 aromatic rings. The molecule has 24 heavy (non-hydrogen) atoms. The second-order valence-electron chi connectivity index (χ2n) is 6.51. The van der Waals surface area contributed by atoms with Gasteiger partial charge in [0.1, 0.15) is 11.6 Å². The molecule has 0 spiro atoms. The number of hydrogen-bond acceptors (Lipinski definition) is 3. The molecule has 1 aliphatic rings. The van der Waals surface area contributed by atoms with Gasteiger partial charge in [0.05, 0.1) is 18.1 Å². The Morgan fingerprint density at radius 2 is 2.04 bits per heavy atom. The van der Waals surface area contributed by atoms with Crippen LogP contribution in [0.25, 0.3) is 0 Å². The third-order valence-corrected chi connectivity index (χ3v) is 4.56. The molecular weight excluding hydrogens is 313 g/mol. The first-order valence-electron chi connectivity index (χ1n) is 8.33. The smallest absolute Gasteiger partial charge is 0.308 e. The van der Waals surface area contributed by atoms with Crippen LogP contribution < -0.4 is 10.1 Å². The summed E-state index contributed by atoms with van der Waals surface area (Å²) in [5.74, 6) is -1.31. The van der Waals surface area contributed by atoms with E-state index >= 15 is 0 Å². The Morgan fingerprint density at radius 1 is 1.33 bits per heavy atom. The highest BCUT2D eigenvalue weighted by atomic mass is 19.1. The van der Waals surface area contributed by atoms with Gasteiger partial charge in [0, 0.05) is 6.42 Å². The molecule has 2 unspecified atom stereocenters. The SMILES string of the molecule is CC1(NC(=O)CCCOc2ccc(F)cc2)CCCCC1C(=O)O. The number of hydrogen-bond donors (Lipinski definition) is 2. The quantitative estimate of drug-likeness (QED) is 0.750. The maximum Gasteiger partial charge on any atom is 0.308 e. The first-order chi connectivity index (χ1) is 11.4. The van der Waals surface area contributed by atoms with E-state index < -0.39 is 17.4 Å². The lowest BCUT2D eigenvalue weighted by Crippen LogP contribution is -2.55. The van der Waals surface area contributed by atoms with E-state index in [-0.39, 0.29) is 18.1 Å². The monoisotopic (exact) mass is 337 g/mol. The van der Waals surface area contributed by atoms with E-state index in [2.05, 4.69) is 5.32 Å². The van der Waals surface area contributed by atoms with Crippen LogP contribution in [0.15, 0.2) is 24.3 Å². The van der Waals surface area contributed by atoms with Gasteiger partial charge >= 0.3 is 5.97 Å². The van der Waals surface area contributed by atoms with Gasteiger partial charge < -0.3 is 15.2 Å². The molecule has 5 nitrogen and oxygen atoms in total. The minimum atomic E-state index is -0.850. The molecule has 1 aliphatic carbocycles. The van der Waals surface area contributed by atoms with Crippen molar-refractivity contribution in [2.24, 2.45) is 5.92 Å². The van der Waals surface area contributed by atoms with Crippen molar-refractivity contribution in [2.45, 2.75) is 51.0 Å². The third-order valence-electron chi connectivity index (χ3n) is 4.56. The van der Waals surface area contributed by atoms with Gasteiger partial charge in [0.15, 0.2) is 0 Å². The molecule has 0 aliphatic heterocycles.